The first kappa shape index (κ1) is 13.8. The van der Waals surface area contributed by atoms with Crippen molar-refractivity contribution in [2.75, 3.05) is 6.61 Å². The summed E-state index contributed by atoms with van der Waals surface area (Å²) in [6.45, 7) is 6.32. The number of allylic oxidation sites excluding steroid dienone is 1. The summed E-state index contributed by atoms with van der Waals surface area (Å²) in [7, 11) is 0. The molecule has 1 aromatic carbocycles. The first-order valence-corrected chi connectivity index (χ1v) is 6.57. The van der Waals surface area contributed by atoms with Crippen molar-refractivity contribution in [1.29, 1.82) is 0 Å². The molecule has 92 valence electrons. The van der Waals surface area contributed by atoms with Gasteiger partial charge in [0.25, 0.3) is 0 Å². The molecule has 0 aromatic heterocycles. The van der Waals surface area contributed by atoms with E-state index in [0.717, 1.165) is 4.90 Å². The second-order valence-corrected chi connectivity index (χ2v) is 5.03. The van der Waals surface area contributed by atoms with Crippen LogP contribution in [0.2, 0.25) is 0 Å². The van der Waals surface area contributed by atoms with Crippen LogP contribution in [0.4, 0.5) is 0 Å². The summed E-state index contributed by atoms with van der Waals surface area (Å²) in [5.41, 5.74) is 0. The summed E-state index contributed by atoms with van der Waals surface area (Å²) in [5, 5.41) is 0. The minimum atomic E-state index is -0.241. The van der Waals surface area contributed by atoms with E-state index in [1.54, 1.807) is 0 Å². The molecule has 0 heterocycles. The highest BCUT2D eigenvalue weighted by atomic mass is 32.2. The van der Waals surface area contributed by atoms with Crippen LogP contribution in [0, 0.1) is 5.92 Å². The molecular formula is C14H18O2S. The Morgan fingerprint density at radius 2 is 2.00 bits per heavy atom. The van der Waals surface area contributed by atoms with Crippen molar-refractivity contribution < 1.29 is 9.53 Å². The quantitative estimate of drug-likeness (QED) is 0.450. The van der Waals surface area contributed by atoms with Crippen molar-refractivity contribution in [2.24, 2.45) is 5.92 Å². The van der Waals surface area contributed by atoms with E-state index < -0.39 is 0 Å². The van der Waals surface area contributed by atoms with E-state index in [2.05, 4.69) is 0 Å². The van der Waals surface area contributed by atoms with Gasteiger partial charge in [0.1, 0.15) is 0 Å². The molecule has 0 saturated heterocycles. The first-order chi connectivity index (χ1) is 8.13. The Hall–Kier alpha value is -1.22. The van der Waals surface area contributed by atoms with Crippen molar-refractivity contribution in [1.82, 2.24) is 0 Å². The number of benzene rings is 1. The number of carbonyl (C=O) groups is 1. The number of esters is 1. The Morgan fingerprint density at radius 1 is 1.35 bits per heavy atom. The van der Waals surface area contributed by atoms with E-state index in [9.17, 15) is 4.79 Å². The molecule has 2 nitrogen and oxygen atoms in total. The van der Waals surface area contributed by atoms with Crippen LogP contribution in [0.15, 0.2) is 46.2 Å². The van der Waals surface area contributed by atoms with Gasteiger partial charge in [0.15, 0.2) is 0 Å². The van der Waals surface area contributed by atoms with Crippen LogP contribution in [-0.4, -0.2) is 12.6 Å². The largest absolute Gasteiger partial charge is 0.462 e. The van der Waals surface area contributed by atoms with Gasteiger partial charge in [-0.05, 0) is 25.0 Å². The Bertz CT molecular complexity index is 382. The number of hydrogen-bond donors (Lipinski definition) is 0. The third kappa shape index (κ3) is 5.09. The summed E-state index contributed by atoms with van der Waals surface area (Å²) in [6.07, 6.45) is 1.94. The number of rotatable bonds is 5. The minimum Gasteiger partial charge on any atom is -0.462 e. The molecule has 0 radical (unpaired) electrons. The Labute approximate surface area is 107 Å². The van der Waals surface area contributed by atoms with Gasteiger partial charge >= 0.3 is 5.97 Å². The maximum atomic E-state index is 11.8. The van der Waals surface area contributed by atoms with Gasteiger partial charge in [-0.15, -0.1) is 0 Å². The van der Waals surface area contributed by atoms with Gasteiger partial charge in [0, 0.05) is 4.90 Å². The van der Waals surface area contributed by atoms with Gasteiger partial charge in [0.05, 0.1) is 11.5 Å². The molecule has 0 aliphatic carbocycles. The summed E-state index contributed by atoms with van der Waals surface area (Å²) in [4.78, 5) is 13.5. The SMILES string of the molecule is CCOC(=O)/C(=C/C(C)C)Sc1ccccc1. The fourth-order valence-corrected chi connectivity index (χ4v) is 2.29. The van der Waals surface area contributed by atoms with Crippen molar-refractivity contribution in [3.63, 3.8) is 0 Å². The highest BCUT2D eigenvalue weighted by Crippen LogP contribution is 2.28. The third-order valence-electron chi connectivity index (χ3n) is 1.93. The molecule has 0 spiro atoms. The van der Waals surface area contributed by atoms with E-state index >= 15 is 0 Å². The first-order valence-electron chi connectivity index (χ1n) is 5.75. The van der Waals surface area contributed by atoms with Crippen LogP contribution < -0.4 is 0 Å². The molecule has 0 bridgehead atoms. The van der Waals surface area contributed by atoms with Crippen LogP contribution in [-0.2, 0) is 9.53 Å². The second-order valence-electron chi connectivity index (χ2n) is 3.91. The van der Waals surface area contributed by atoms with Crippen LogP contribution in [0.5, 0.6) is 0 Å². The Balaban J connectivity index is 2.81. The molecule has 0 aliphatic rings. The molecule has 1 rings (SSSR count). The summed E-state index contributed by atoms with van der Waals surface area (Å²) in [6, 6.07) is 9.84. The highest BCUT2D eigenvalue weighted by Gasteiger charge is 2.12. The van der Waals surface area contributed by atoms with Gasteiger partial charge < -0.3 is 4.74 Å². The van der Waals surface area contributed by atoms with E-state index in [-0.39, 0.29) is 5.97 Å². The monoisotopic (exact) mass is 250 g/mol. The van der Waals surface area contributed by atoms with E-state index in [1.165, 1.54) is 11.8 Å². The van der Waals surface area contributed by atoms with Gasteiger partial charge in [-0.3, -0.25) is 0 Å². The van der Waals surface area contributed by atoms with Crippen molar-refractivity contribution in [2.45, 2.75) is 25.7 Å². The van der Waals surface area contributed by atoms with Crippen LogP contribution in [0.1, 0.15) is 20.8 Å². The topological polar surface area (TPSA) is 26.3 Å². The predicted molar refractivity (Wildman–Crippen MR) is 71.9 cm³/mol. The lowest BCUT2D eigenvalue weighted by Gasteiger charge is -2.08. The fourth-order valence-electron chi connectivity index (χ4n) is 1.26. The zero-order valence-electron chi connectivity index (χ0n) is 10.5. The molecule has 0 atom stereocenters. The van der Waals surface area contributed by atoms with Crippen LogP contribution >= 0.6 is 11.8 Å². The molecular weight excluding hydrogens is 232 g/mol. The lowest BCUT2D eigenvalue weighted by Crippen LogP contribution is -2.06. The molecule has 0 fully saturated rings. The van der Waals surface area contributed by atoms with Crippen molar-refractivity contribution >= 4 is 17.7 Å². The van der Waals surface area contributed by atoms with E-state index in [4.69, 9.17) is 4.74 Å². The molecule has 0 saturated carbocycles. The average Bonchev–Trinajstić information content (AvgIpc) is 2.29. The van der Waals surface area contributed by atoms with E-state index in [0.29, 0.717) is 17.4 Å². The zero-order valence-corrected chi connectivity index (χ0v) is 11.3. The van der Waals surface area contributed by atoms with Gasteiger partial charge in [-0.25, -0.2) is 4.79 Å². The number of ether oxygens (including phenoxy) is 1. The lowest BCUT2D eigenvalue weighted by atomic mass is 10.2. The summed E-state index contributed by atoms with van der Waals surface area (Å²) >= 11 is 1.45. The third-order valence-corrected chi connectivity index (χ3v) is 2.96. The molecule has 0 aliphatic heterocycles. The maximum absolute atomic E-state index is 11.8. The molecule has 17 heavy (non-hydrogen) atoms. The van der Waals surface area contributed by atoms with Gasteiger partial charge in [0.2, 0.25) is 0 Å². The normalized spacial score (nSPS) is 11.6. The minimum absolute atomic E-state index is 0.241. The molecule has 0 amide bonds. The van der Waals surface area contributed by atoms with E-state index in [1.807, 2.05) is 57.2 Å². The lowest BCUT2D eigenvalue weighted by molar-refractivity contribution is -0.137. The molecule has 1 aromatic rings. The van der Waals surface area contributed by atoms with Crippen molar-refractivity contribution in [3.8, 4) is 0 Å². The molecule has 0 N–H and O–H groups in total. The Kier molecular flexibility index (Phi) is 5.84. The fraction of sp³-hybridized carbons (Fsp3) is 0.357. The van der Waals surface area contributed by atoms with Gasteiger partial charge in [-0.2, -0.15) is 0 Å². The standard InChI is InChI=1S/C14H18O2S/c1-4-16-14(15)13(10-11(2)3)17-12-8-6-5-7-9-12/h5-11H,4H2,1-3H3/b13-10-. The van der Waals surface area contributed by atoms with Crippen LogP contribution in [0.3, 0.4) is 0 Å². The summed E-state index contributed by atoms with van der Waals surface area (Å²) in [5.74, 6) is 0.0840. The summed E-state index contributed by atoms with van der Waals surface area (Å²) < 4.78 is 5.05. The maximum Gasteiger partial charge on any atom is 0.344 e. The smallest absolute Gasteiger partial charge is 0.344 e. The highest BCUT2D eigenvalue weighted by molar-refractivity contribution is 8.04. The average molecular weight is 250 g/mol. The number of thioether (sulfide) groups is 1. The zero-order chi connectivity index (χ0) is 12.7. The Morgan fingerprint density at radius 3 is 2.53 bits per heavy atom. The second kappa shape index (κ2) is 7.17. The molecule has 3 heteroatoms. The molecule has 0 unspecified atom stereocenters. The predicted octanol–water partition coefficient (Wildman–Crippen LogP) is 3.88. The van der Waals surface area contributed by atoms with Crippen LogP contribution in [0.25, 0.3) is 0 Å². The number of hydrogen-bond acceptors (Lipinski definition) is 3. The van der Waals surface area contributed by atoms with Gasteiger partial charge in [-0.1, -0.05) is 49.9 Å². The van der Waals surface area contributed by atoms with Crippen molar-refractivity contribution in [3.05, 3.63) is 41.3 Å². The number of carbonyl (C=O) groups excluding carboxylic acids is 1.